The number of nitrogens with one attached hydrogen (secondary N) is 1. The van der Waals surface area contributed by atoms with E-state index in [1.54, 1.807) is 0 Å². The third kappa shape index (κ3) is 8.02. The molecule has 3 aromatic carbocycles. The molecule has 3 fully saturated rings. The number of ether oxygens (including phenoxy) is 2. The van der Waals surface area contributed by atoms with Crippen molar-refractivity contribution >= 4 is 40.7 Å². The van der Waals surface area contributed by atoms with Crippen LogP contribution in [0.5, 0.6) is 0 Å². The number of amides is 1. The van der Waals surface area contributed by atoms with Gasteiger partial charge in [-0.2, -0.15) is 0 Å². The summed E-state index contributed by atoms with van der Waals surface area (Å²) >= 11 is 17.1. The molecule has 0 spiro atoms. The number of carbonyl (C=O) groups excluding carboxylic acids is 1. The van der Waals surface area contributed by atoms with E-state index in [1.807, 2.05) is 36.4 Å². The Balaban J connectivity index is 1.22. The predicted molar refractivity (Wildman–Crippen MR) is 188 cm³/mol. The van der Waals surface area contributed by atoms with Crippen LogP contribution in [0, 0.1) is 16.7 Å². The van der Waals surface area contributed by atoms with E-state index in [9.17, 15) is 9.90 Å². The predicted octanol–water partition coefficient (Wildman–Crippen LogP) is 8.52. The highest BCUT2D eigenvalue weighted by Crippen LogP contribution is 2.53. The maximum absolute atomic E-state index is 12.0. The van der Waals surface area contributed by atoms with Gasteiger partial charge in [0.25, 0.3) is 9.70 Å². The van der Waals surface area contributed by atoms with Crippen LogP contribution in [0.25, 0.3) is 11.1 Å². The summed E-state index contributed by atoms with van der Waals surface area (Å²) in [4.78, 5) is 14.7. The molecule has 1 aliphatic carbocycles. The second kappa shape index (κ2) is 13.6. The van der Waals surface area contributed by atoms with Crippen LogP contribution in [0.15, 0.2) is 72.8 Å². The lowest BCUT2D eigenvalue weighted by molar-refractivity contribution is -0.276. The molecule has 252 valence electrons. The van der Waals surface area contributed by atoms with Crippen molar-refractivity contribution in [2.45, 2.75) is 88.4 Å². The standard InChI is InChI=1S/C38H45Cl3N2O4/c1-24-32(20-43-23-37(4)18-31(43)17-36(2,3)22-37)46-34(47-33(24)28-10-8-25(21-44)9-11-28)29-14-12-27(13-15-29)30-7-5-6-26(16-30)19-42-35(45)38(39,40)41/h5-16,24,31-34,44H,17-23H2,1-4H3,(H,42,45)/t24-,31?,32+,33+,34+,37?/m1/s1. The second-order valence-electron chi connectivity index (χ2n) is 15.0. The van der Waals surface area contributed by atoms with Crippen molar-refractivity contribution in [2.75, 3.05) is 13.1 Å². The van der Waals surface area contributed by atoms with Gasteiger partial charge in [-0.3, -0.25) is 9.69 Å². The number of benzene rings is 3. The Morgan fingerprint density at radius 2 is 1.64 bits per heavy atom. The van der Waals surface area contributed by atoms with Gasteiger partial charge >= 0.3 is 0 Å². The highest BCUT2D eigenvalue weighted by molar-refractivity contribution is 6.76. The minimum Gasteiger partial charge on any atom is -0.392 e. The average molecular weight is 700 g/mol. The molecule has 6 rings (SSSR count). The number of alkyl halides is 3. The van der Waals surface area contributed by atoms with Gasteiger partial charge in [0.1, 0.15) is 0 Å². The Morgan fingerprint density at radius 1 is 0.936 bits per heavy atom. The van der Waals surface area contributed by atoms with E-state index < -0.39 is 16.0 Å². The monoisotopic (exact) mass is 698 g/mol. The van der Waals surface area contributed by atoms with Crippen molar-refractivity contribution in [3.8, 4) is 11.1 Å². The molecule has 1 amide bonds. The fourth-order valence-corrected chi connectivity index (χ4v) is 8.53. The molecule has 1 saturated carbocycles. The number of halogens is 3. The van der Waals surface area contributed by atoms with E-state index in [4.69, 9.17) is 44.3 Å². The minimum atomic E-state index is -2.00. The normalized spacial score (nSPS) is 29.1. The van der Waals surface area contributed by atoms with E-state index in [0.717, 1.165) is 46.5 Å². The zero-order chi connectivity index (χ0) is 33.6. The second-order valence-corrected chi connectivity index (χ2v) is 17.2. The molecular formula is C38H45Cl3N2O4. The van der Waals surface area contributed by atoms with Crippen LogP contribution in [0.4, 0.5) is 0 Å². The maximum Gasteiger partial charge on any atom is 0.272 e. The summed E-state index contributed by atoms with van der Waals surface area (Å²) in [6, 6.07) is 24.9. The lowest BCUT2D eigenvalue weighted by Gasteiger charge is -2.43. The summed E-state index contributed by atoms with van der Waals surface area (Å²) in [5.74, 6) is -0.526. The SMILES string of the molecule is C[C@@H]1[C@H](CN2CC3(C)CC2CC(C)(C)C3)O[C@H](c2ccc(-c3cccc(CNC(=O)C(Cl)(Cl)Cl)c3)cc2)O[C@@H]1c1ccc(CO)cc1. The van der Waals surface area contributed by atoms with Crippen molar-refractivity contribution in [1.29, 1.82) is 0 Å². The number of rotatable bonds is 8. The van der Waals surface area contributed by atoms with Gasteiger partial charge in [-0.15, -0.1) is 0 Å². The summed E-state index contributed by atoms with van der Waals surface area (Å²) < 4.78 is 11.6. The van der Waals surface area contributed by atoms with E-state index >= 15 is 0 Å². The van der Waals surface area contributed by atoms with Crippen LogP contribution in [-0.2, 0) is 27.4 Å². The topological polar surface area (TPSA) is 71.0 Å². The lowest BCUT2D eigenvalue weighted by Crippen LogP contribution is -2.46. The van der Waals surface area contributed by atoms with Crippen molar-refractivity contribution in [1.82, 2.24) is 10.2 Å². The first-order chi connectivity index (χ1) is 22.2. The fraction of sp³-hybridized carbons (Fsp3) is 0.500. The van der Waals surface area contributed by atoms with Crippen molar-refractivity contribution in [2.24, 2.45) is 16.7 Å². The number of carbonyl (C=O) groups is 1. The first-order valence-corrected chi connectivity index (χ1v) is 17.6. The van der Waals surface area contributed by atoms with Gasteiger partial charge in [-0.25, -0.2) is 0 Å². The summed E-state index contributed by atoms with van der Waals surface area (Å²) in [6.45, 7) is 11.8. The zero-order valence-corrected chi connectivity index (χ0v) is 29.8. The van der Waals surface area contributed by atoms with E-state index in [2.05, 4.69) is 74.3 Å². The number of hydrogen-bond acceptors (Lipinski definition) is 5. The first-order valence-electron chi connectivity index (χ1n) is 16.5. The van der Waals surface area contributed by atoms with Gasteiger partial charge in [-0.05, 0) is 64.0 Å². The van der Waals surface area contributed by atoms with Gasteiger partial charge in [0.15, 0.2) is 6.29 Å². The van der Waals surface area contributed by atoms with Crippen LogP contribution in [0.1, 0.15) is 81.6 Å². The largest absolute Gasteiger partial charge is 0.392 e. The summed E-state index contributed by atoms with van der Waals surface area (Å²) in [5.41, 5.74) is 6.57. The molecule has 0 radical (unpaired) electrons. The smallest absolute Gasteiger partial charge is 0.272 e. The number of aliphatic hydroxyl groups is 1. The molecule has 6 atom stereocenters. The van der Waals surface area contributed by atoms with Gasteiger partial charge in [0.2, 0.25) is 0 Å². The number of nitrogens with zero attached hydrogens (tertiary/aromatic N) is 1. The van der Waals surface area contributed by atoms with Crippen LogP contribution < -0.4 is 5.32 Å². The summed E-state index contributed by atoms with van der Waals surface area (Å²) in [5, 5.41) is 12.3. The molecule has 2 N–H and O–H groups in total. The fourth-order valence-electron chi connectivity index (χ4n) is 8.33. The summed E-state index contributed by atoms with van der Waals surface area (Å²) in [7, 11) is 0. The molecule has 0 aromatic heterocycles. The van der Waals surface area contributed by atoms with Crippen molar-refractivity contribution < 1.29 is 19.4 Å². The van der Waals surface area contributed by atoms with Gasteiger partial charge < -0.3 is 19.9 Å². The Labute approximate surface area is 293 Å². The third-order valence-corrected chi connectivity index (χ3v) is 10.7. The van der Waals surface area contributed by atoms with Crippen LogP contribution in [0.2, 0.25) is 0 Å². The molecule has 2 bridgehead atoms. The maximum atomic E-state index is 12.0. The Kier molecular flexibility index (Phi) is 10.1. The molecule has 2 unspecified atom stereocenters. The van der Waals surface area contributed by atoms with Crippen molar-refractivity contribution in [3.05, 3.63) is 95.1 Å². The van der Waals surface area contributed by atoms with E-state index in [0.29, 0.717) is 16.9 Å². The highest BCUT2D eigenvalue weighted by atomic mass is 35.6. The van der Waals surface area contributed by atoms with Crippen molar-refractivity contribution in [3.63, 3.8) is 0 Å². The number of aliphatic hydroxyl groups excluding tert-OH is 1. The van der Waals surface area contributed by atoms with Crippen LogP contribution >= 0.6 is 34.8 Å². The molecule has 6 nitrogen and oxygen atoms in total. The number of hydrogen-bond donors (Lipinski definition) is 2. The van der Waals surface area contributed by atoms with Gasteiger partial charge in [0.05, 0.1) is 18.8 Å². The van der Waals surface area contributed by atoms with E-state index in [-0.39, 0.29) is 31.3 Å². The molecule has 9 heteroatoms. The Bertz CT molecular complexity index is 1560. The molecule has 2 saturated heterocycles. The number of fused-ring (bicyclic) bond motifs is 2. The highest BCUT2D eigenvalue weighted by Gasteiger charge is 2.51. The third-order valence-electron chi connectivity index (χ3n) is 10.2. The number of likely N-dealkylation sites (tertiary alicyclic amines) is 1. The van der Waals surface area contributed by atoms with Crippen LogP contribution in [0.3, 0.4) is 0 Å². The van der Waals surface area contributed by atoms with Gasteiger partial charge in [0, 0.05) is 37.2 Å². The van der Waals surface area contributed by atoms with E-state index in [1.165, 1.54) is 19.3 Å². The molecular weight excluding hydrogens is 655 g/mol. The quantitative estimate of drug-likeness (QED) is 0.231. The molecule has 3 aromatic rings. The molecule has 2 heterocycles. The lowest BCUT2D eigenvalue weighted by atomic mass is 9.65. The van der Waals surface area contributed by atoms with Gasteiger partial charge in [-0.1, -0.05) is 129 Å². The Morgan fingerprint density at radius 3 is 2.32 bits per heavy atom. The molecule has 47 heavy (non-hydrogen) atoms. The molecule has 2 aliphatic heterocycles. The van der Waals surface area contributed by atoms with Crippen LogP contribution in [-0.4, -0.2) is 44.9 Å². The molecule has 3 aliphatic rings. The minimum absolute atomic E-state index is 0.0124. The Hall–Kier alpha value is -2.16. The summed E-state index contributed by atoms with van der Waals surface area (Å²) in [6.07, 6.45) is 3.05. The zero-order valence-electron chi connectivity index (χ0n) is 27.5. The average Bonchev–Trinajstić information content (AvgIpc) is 3.27. The first kappa shape index (κ1) is 34.7.